The lowest BCUT2D eigenvalue weighted by atomic mass is 9.88. The van der Waals surface area contributed by atoms with Crippen LogP contribution in [0.4, 0.5) is 5.13 Å². The molecule has 2 atom stereocenters. The van der Waals surface area contributed by atoms with E-state index in [4.69, 9.17) is 5.73 Å². The highest BCUT2D eigenvalue weighted by Gasteiger charge is 2.23. The van der Waals surface area contributed by atoms with Crippen molar-refractivity contribution in [2.75, 3.05) is 17.3 Å². The van der Waals surface area contributed by atoms with Crippen molar-refractivity contribution < 1.29 is 13.2 Å². The monoisotopic (exact) mass is 395 g/mol. The highest BCUT2D eigenvalue weighted by atomic mass is 35.5. The van der Waals surface area contributed by atoms with Crippen LogP contribution < -0.4 is 11.1 Å². The lowest BCUT2D eigenvalue weighted by Crippen LogP contribution is -2.37. The van der Waals surface area contributed by atoms with Crippen molar-refractivity contribution >= 4 is 44.6 Å². The summed E-state index contributed by atoms with van der Waals surface area (Å²) in [6.45, 7) is 2.20. The van der Waals surface area contributed by atoms with Gasteiger partial charge in [-0.2, -0.15) is 0 Å². The molecule has 0 saturated heterocycles. The summed E-state index contributed by atoms with van der Waals surface area (Å²) in [4.78, 5) is 17.8. The maximum atomic E-state index is 12.0. The average molecular weight is 396 g/mol. The van der Waals surface area contributed by atoms with Gasteiger partial charge in [0.1, 0.15) is 9.84 Å². The predicted octanol–water partition coefficient (Wildman–Crippen LogP) is 2.17. The van der Waals surface area contributed by atoms with Crippen molar-refractivity contribution in [3.8, 4) is 0 Å². The number of rotatable bonds is 7. The van der Waals surface area contributed by atoms with Crippen molar-refractivity contribution in [2.24, 2.45) is 11.7 Å². The summed E-state index contributed by atoms with van der Waals surface area (Å²) < 4.78 is 22.3. The Hall–Kier alpha value is -0.700. The molecule has 1 aliphatic carbocycles. The van der Waals surface area contributed by atoms with E-state index in [0.29, 0.717) is 11.0 Å². The Morgan fingerprint density at radius 2 is 2.21 bits per heavy atom. The quantitative estimate of drug-likeness (QED) is 0.736. The number of nitrogens with two attached hydrogens (primary N) is 1. The second-order valence-corrected chi connectivity index (χ2v) is 9.64. The highest BCUT2D eigenvalue weighted by Crippen LogP contribution is 2.34. The van der Waals surface area contributed by atoms with Crippen LogP contribution in [-0.4, -0.2) is 37.4 Å². The largest absolute Gasteiger partial charge is 0.320 e. The number of nitrogens with one attached hydrogen (secondary N) is 1. The van der Waals surface area contributed by atoms with E-state index in [1.165, 1.54) is 29.1 Å². The smallest absolute Gasteiger partial charge is 0.243 e. The Morgan fingerprint density at radius 3 is 2.83 bits per heavy atom. The van der Waals surface area contributed by atoms with Gasteiger partial charge in [0.2, 0.25) is 5.91 Å². The number of halogens is 1. The summed E-state index contributed by atoms with van der Waals surface area (Å²) in [6, 6.07) is -0.835. The predicted molar refractivity (Wildman–Crippen MR) is 101 cm³/mol. The molecule has 0 aliphatic heterocycles. The van der Waals surface area contributed by atoms with Gasteiger partial charge in [0, 0.05) is 11.1 Å². The van der Waals surface area contributed by atoms with Crippen LogP contribution in [0.3, 0.4) is 0 Å². The molecule has 1 aromatic heterocycles. The fourth-order valence-electron chi connectivity index (χ4n) is 2.82. The molecule has 3 N–H and O–H groups in total. The van der Waals surface area contributed by atoms with E-state index >= 15 is 0 Å². The molecule has 138 valence electrons. The minimum atomic E-state index is -3.11. The fourth-order valence-corrected chi connectivity index (χ4v) is 4.63. The number of aromatic nitrogens is 1. The third kappa shape index (κ3) is 6.31. The minimum Gasteiger partial charge on any atom is -0.320 e. The van der Waals surface area contributed by atoms with Crippen LogP contribution in [0.1, 0.15) is 43.2 Å². The fraction of sp³-hybridized carbons (Fsp3) is 0.733. The number of amides is 1. The van der Waals surface area contributed by atoms with Gasteiger partial charge < -0.3 is 11.1 Å². The van der Waals surface area contributed by atoms with E-state index < -0.39 is 15.9 Å². The first kappa shape index (κ1) is 21.3. The zero-order chi connectivity index (χ0) is 17.0. The number of aryl methyl sites for hydroxylation is 1. The van der Waals surface area contributed by atoms with Gasteiger partial charge in [-0.05, 0) is 31.6 Å². The Bertz CT molecular complexity index is 661. The van der Waals surface area contributed by atoms with Crippen LogP contribution in [0.2, 0.25) is 0 Å². The van der Waals surface area contributed by atoms with Gasteiger partial charge in [-0.25, -0.2) is 13.4 Å². The first-order chi connectivity index (χ1) is 10.8. The minimum absolute atomic E-state index is 0. The number of carbonyl (C=O) groups excluding carboxylic acids is 1. The van der Waals surface area contributed by atoms with Gasteiger partial charge >= 0.3 is 0 Å². The SMILES string of the molecule is CCCC1CCc2nc(NC(=O)C(N)CCS(C)(=O)=O)sc2C1.Cl. The maximum absolute atomic E-state index is 12.0. The zero-order valence-corrected chi connectivity index (χ0v) is 16.5. The van der Waals surface area contributed by atoms with Crippen molar-refractivity contribution in [1.82, 2.24) is 4.98 Å². The molecular formula is C15H26ClN3O3S2. The lowest BCUT2D eigenvalue weighted by molar-refractivity contribution is -0.117. The molecule has 2 rings (SSSR count). The van der Waals surface area contributed by atoms with Gasteiger partial charge in [-0.15, -0.1) is 23.7 Å². The molecule has 1 aromatic rings. The number of hydrogen-bond acceptors (Lipinski definition) is 6. The third-order valence-electron chi connectivity index (χ3n) is 4.11. The van der Waals surface area contributed by atoms with Crippen LogP contribution in [0.5, 0.6) is 0 Å². The van der Waals surface area contributed by atoms with Crippen LogP contribution in [-0.2, 0) is 27.5 Å². The maximum Gasteiger partial charge on any atom is 0.243 e. The number of sulfone groups is 1. The Labute approximate surface area is 153 Å². The Kier molecular flexibility index (Phi) is 8.11. The van der Waals surface area contributed by atoms with Crippen molar-refractivity contribution in [3.63, 3.8) is 0 Å². The molecule has 0 bridgehead atoms. The number of hydrogen-bond donors (Lipinski definition) is 2. The van der Waals surface area contributed by atoms with Gasteiger partial charge in [-0.3, -0.25) is 4.79 Å². The number of nitrogens with zero attached hydrogens (tertiary/aromatic N) is 1. The molecule has 1 amide bonds. The molecule has 2 unspecified atom stereocenters. The number of fused-ring (bicyclic) bond motifs is 1. The van der Waals surface area contributed by atoms with Crippen LogP contribution in [0.25, 0.3) is 0 Å². The molecule has 1 heterocycles. The molecule has 0 saturated carbocycles. The first-order valence-electron chi connectivity index (χ1n) is 8.01. The average Bonchev–Trinajstić information content (AvgIpc) is 2.85. The number of thiazole rings is 1. The molecule has 0 fully saturated rings. The van der Waals surface area contributed by atoms with E-state index in [1.54, 1.807) is 0 Å². The van der Waals surface area contributed by atoms with Crippen LogP contribution in [0, 0.1) is 5.92 Å². The van der Waals surface area contributed by atoms with Crippen LogP contribution in [0.15, 0.2) is 0 Å². The van der Waals surface area contributed by atoms with E-state index in [-0.39, 0.29) is 30.5 Å². The molecule has 0 aromatic carbocycles. The summed E-state index contributed by atoms with van der Waals surface area (Å²) >= 11 is 1.52. The first-order valence-corrected chi connectivity index (χ1v) is 10.9. The molecule has 24 heavy (non-hydrogen) atoms. The normalized spacial score (nSPS) is 18.4. The summed E-state index contributed by atoms with van der Waals surface area (Å²) in [5, 5.41) is 3.31. The number of anilines is 1. The van der Waals surface area contributed by atoms with Crippen LogP contribution >= 0.6 is 23.7 Å². The summed E-state index contributed by atoms with van der Waals surface area (Å²) in [5.41, 5.74) is 6.84. The van der Waals surface area contributed by atoms with Gasteiger partial charge in [0.15, 0.2) is 5.13 Å². The summed E-state index contributed by atoms with van der Waals surface area (Å²) in [6.07, 6.45) is 6.84. The number of carbonyl (C=O) groups is 1. The standard InChI is InChI=1S/C15H25N3O3S2.ClH/c1-3-4-10-5-6-12-13(9-10)22-15(17-12)18-14(19)11(16)7-8-23(2,20)21;/h10-11H,3-9,16H2,1-2H3,(H,17,18,19);1H. The van der Waals surface area contributed by atoms with Crippen molar-refractivity contribution in [1.29, 1.82) is 0 Å². The van der Waals surface area contributed by atoms with E-state index in [9.17, 15) is 13.2 Å². The summed E-state index contributed by atoms with van der Waals surface area (Å²) in [5.74, 6) is 0.257. The Morgan fingerprint density at radius 1 is 1.50 bits per heavy atom. The zero-order valence-electron chi connectivity index (χ0n) is 14.1. The van der Waals surface area contributed by atoms with Crippen molar-refractivity contribution in [3.05, 3.63) is 10.6 Å². The Balaban J connectivity index is 0.00000288. The molecule has 0 radical (unpaired) electrons. The molecule has 1 aliphatic rings. The second-order valence-electron chi connectivity index (χ2n) is 6.30. The molecule has 6 nitrogen and oxygen atoms in total. The van der Waals surface area contributed by atoms with E-state index in [0.717, 1.165) is 31.2 Å². The lowest BCUT2D eigenvalue weighted by Gasteiger charge is -2.19. The second kappa shape index (κ2) is 9.12. The third-order valence-corrected chi connectivity index (χ3v) is 6.12. The summed E-state index contributed by atoms with van der Waals surface area (Å²) in [7, 11) is -3.11. The topological polar surface area (TPSA) is 102 Å². The van der Waals surface area contributed by atoms with Gasteiger partial charge in [0.25, 0.3) is 0 Å². The van der Waals surface area contributed by atoms with E-state index in [2.05, 4.69) is 17.2 Å². The van der Waals surface area contributed by atoms with E-state index in [1.807, 2.05) is 0 Å². The molecule has 0 spiro atoms. The molecule has 9 heteroatoms. The van der Waals surface area contributed by atoms with Crippen molar-refractivity contribution in [2.45, 2.75) is 51.5 Å². The molecular weight excluding hydrogens is 370 g/mol. The van der Waals surface area contributed by atoms with Gasteiger partial charge in [0.05, 0.1) is 17.5 Å². The van der Waals surface area contributed by atoms with Gasteiger partial charge in [-0.1, -0.05) is 19.8 Å². The highest BCUT2D eigenvalue weighted by molar-refractivity contribution is 7.90.